The zero-order valence-corrected chi connectivity index (χ0v) is 15.5. The summed E-state index contributed by atoms with van der Waals surface area (Å²) >= 11 is 0. The molecular formula is C19H24N2O5. The van der Waals surface area contributed by atoms with Gasteiger partial charge in [0.15, 0.2) is 0 Å². The average Bonchev–Trinajstić information content (AvgIpc) is 2.56. The summed E-state index contributed by atoms with van der Waals surface area (Å²) in [5.74, 6) is -0.0370. The number of carbonyl (C=O) groups excluding carboxylic acids is 2. The van der Waals surface area contributed by atoms with Crippen molar-refractivity contribution >= 4 is 18.1 Å². The summed E-state index contributed by atoms with van der Waals surface area (Å²) in [5, 5.41) is 11.6. The van der Waals surface area contributed by atoms with Crippen LogP contribution in [0.5, 0.6) is 5.75 Å². The van der Waals surface area contributed by atoms with Gasteiger partial charge in [0.05, 0.1) is 24.8 Å². The Morgan fingerprint density at radius 1 is 1.31 bits per heavy atom. The summed E-state index contributed by atoms with van der Waals surface area (Å²) in [5.41, 5.74) is 0.472. The van der Waals surface area contributed by atoms with Crippen LogP contribution < -0.4 is 10.1 Å². The first-order valence-corrected chi connectivity index (χ1v) is 8.24. The van der Waals surface area contributed by atoms with E-state index in [0.717, 1.165) is 0 Å². The molecule has 1 N–H and O–H groups in total. The molecule has 26 heavy (non-hydrogen) atoms. The molecule has 1 aromatic carbocycles. The Morgan fingerprint density at radius 3 is 2.65 bits per heavy atom. The molecule has 7 heteroatoms. The third kappa shape index (κ3) is 8.20. The summed E-state index contributed by atoms with van der Waals surface area (Å²) in [6, 6.07) is 6.89. The minimum Gasteiger partial charge on any atom is -0.491 e. The van der Waals surface area contributed by atoms with Crippen molar-refractivity contribution in [1.29, 1.82) is 5.26 Å². The van der Waals surface area contributed by atoms with Crippen LogP contribution in [0.4, 0.5) is 4.79 Å². The summed E-state index contributed by atoms with van der Waals surface area (Å²) in [6.07, 6.45) is 2.31. The standard InChI is InChI=1S/C19H24N2O5/c1-5-24-17(22)9-8-15-7-6-14(13-20)12-16(15)25-11-10-21-18(23)26-19(2,3)4/h6-9,12H,5,10-11H2,1-4H3,(H,21,23)/b9-8+. The van der Waals surface area contributed by atoms with Crippen molar-refractivity contribution in [3.63, 3.8) is 0 Å². The molecule has 1 aromatic rings. The van der Waals surface area contributed by atoms with Crippen LogP contribution in [0.15, 0.2) is 24.3 Å². The van der Waals surface area contributed by atoms with Crippen molar-refractivity contribution in [3.8, 4) is 11.8 Å². The van der Waals surface area contributed by atoms with Gasteiger partial charge >= 0.3 is 12.1 Å². The quantitative estimate of drug-likeness (QED) is 0.456. The maximum absolute atomic E-state index is 11.6. The lowest BCUT2D eigenvalue weighted by atomic mass is 10.1. The van der Waals surface area contributed by atoms with Gasteiger partial charge in [0.25, 0.3) is 0 Å². The fourth-order valence-corrected chi connectivity index (χ4v) is 1.84. The first-order chi connectivity index (χ1) is 12.2. The number of alkyl carbamates (subject to hydrolysis) is 1. The van der Waals surface area contributed by atoms with E-state index in [4.69, 9.17) is 19.5 Å². The van der Waals surface area contributed by atoms with Crippen LogP contribution in [0.1, 0.15) is 38.8 Å². The van der Waals surface area contributed by atoms with E-state index in [1.807, 2.05) is 6.07 Å². The molecule has 0 aliphatic heterocycles. The summed E-state index contributed by atoms with van der Waals surface area (Å²) in [7, 11) is 0. The molecule has 0 spiro atoms. The maximum Gasteiger partial charge on any atom is 0.407 e. The minimum atomic E-state index is -0.572. The molecule has 0 bridgehead atoms. The number of amides is 1. The first-order valence-electron chi connectivity index (χ1n) is 8.24. The maximum atomic E-state index is 11.6. The molecule has 1 amide bonds. The van der Waals surface area contributed by atoms with Gasteiger partial charge in [-0.15, -0.1) is 0 Å². The highest BCUT2D eigenvalue weighted by Gasteiger charge is 2.15. The van der Waals surface area contributed by atoms with Gasteiger partial charge in [-0.1, -0.05) is 0 Å². The Hall–Kier alpha value is -3.01. The van der Waals surface area contributed by atoms with Crippen LogP contribution in [0, 0.1) is 11.3 Å². The number of rotatable bonds is 7. The van der Waals surface area contributed by atoms with Crippen molar-refractivity contribution in [3.05, 3.63) is 35.4 Å². The topological polar surface area (TPSA) is 97.7 Å². The highest BCUT2D eigenvalue weighted by atomic mass is 16.6. The zero-order chi connectivity index (χ0) is 19.6. The van der Waals surface area contributed by atoms with E-state index in [1.54, 1.807) is 52.0 Å². The lowest BCUT2D eigenvalue weighted by Crippen LogP contribution is -2.34. The summed E-state index contributed by atoms with van der Waals surface area (Å²) in [6.45, 7) is 7.74. The smallest absolute Gasteiger partial charge is 0.407 e. The average molecular weight is 360 g/mol. The Kier molecular flexibility index (Phi) is 8.16. The van der Waals surface area contributed by atoms with E-state index in [0.29, 0.717) is 16.9 Å². The predicted molar refractivity (Wildman–Crippen MR) is 96.6 cm³/mol. The second kappa shape index (κ2) is 10.1. The molecule has 7 nitrogen and oxygen atoms in total. The van der Waals surface area contributed by atoms with E-state index in [9.17, 15) is 9.59 Å². The molecule has 0 unspecified atom stereocenters. The van der Waals surface area contributed by atoms with Gasteiger partial charge in [0.1, 0.15) is 18.0 Å². The number of nitriles is 1. The van der Waals surface area contributed by atoms with Crippen LogP contribution >= 0.6 is 0 Å². The second-order valence-corrected chi connectivity index (χ2v) is 6.23. The number of nitrogens with zero attached hydrogens (tertiary/aromatic N) is 1. The highest BCUT2D eigenvalue weighted by Crippen LogP contribution is 2.22. The van der Waals surface area contributed by atoms with Gasteiger partial charge in [-0.25, -0.2) is 9.59 Å². The molecular weight excluding hydrogens is 336 g/mol. The molecule has 0 aliphatic rings. The Balaban J connectivity index is 2.68. The third-order valence-corrected chi connectivity index (χ3v) is 2.86. The molecule has 0 radical (unpaired) electrons. The van der Waals surface area contributed by atoms with Gasteiger partial charge in [-0.3, -0.25) is 0 Å². The van der Waals surface area contributed by atoms with Crippen molar-refractivity contribution in [2.75, 3.05) is 19.8 Å². The number of esters is 1. The normalized spacial score (nSPS) is 10.9. The molecule has 1 rings (SSSR count). The third-order valence-electron chi connectivity index (χ3n) is 2.86. The van der Waals surface area contributed by atoms with Crippen molar-refractivity contribution in [1.82, 2.24) is 5.32 Å². The van der Waals surface area contributed by atoms with E-state index in [-0.39, 0.29) is 19.8 Å². The van der Waals surface area contributed by atoms with Crippen molar-refractivity contribution in [2.45, 2.75) is 33.3 Å². The number of hydrogen-bond acceptors (Lipinski definition) is 6. The lowest BCUT2D eigenvalue weighted by molar-refractivity contribution is -0.137. The molecule has 0 atom stereocenters. The largest absolute Gasteiger partial charge is 0.491 e. The predicted octanol–water partition coefficient (Wildman–Crippen LogP) is 3.04. The van der Waals surface area contributed by atoms with Gasteiger partial charge in [0, 0.05) is 11.6 Å². The number of benzene rings is 1. The number of ether oxygens (including phenoxy) is 3. The molecule has 0 aliphatic carbocycles. The van der Waals surface area contributed by atoms with Crippen LogP contribution in [-0.4, -0.2) is 37.4 Å². The van der Waals surface area contributed by atoms with E-state index >= 15 is 0 Å². The Morgan fingerprint density at radius 2 is 2.04 bits per heavy atom. The zero-order valence-electron chi connectivity index (χ0n) is 15.5. The molecule has 0 saturated heterocycles. The Labute approximate surface area is 153 Å². The van der Waals surface area contributed by atoms with Crippen LogP contribution in [0.2, 0.25) is 0 Å². The molecule has 0 aromatic heterocycles. The monoisotopic (exact) mass is 360 g/mol. The highest BCUT2D eigenvalue weighted by molar-refractivity contribution is 5.87. The lowest BCUT2D eigenvalue weighted by Gasteiger charge is -2.19. The van der Waals surface area contributed by atoms with Crippen LogP contribution in [0.3, 0.4) is 0 Å². The van der Waals surface area contributed by atoms with Gasteiger partial charge < -0.3 is 19.5 Å². The van der Waals surface area contributed by atoms with Gasteiger partial charge in [-0.05, 0) is 52.0 Å². The summed E-state index contributed by atoms with van der Waals surface area (Å²) < 4.78 is 15.6. The number of hydrogen-bond donors (Lipinski definition) is 1. The second-order valence-electron chi connectivity index (χ2n) is 6.23. The summed E-state index contributed by atoms with van der Waals surface area (Å²) in [4.78, 5) is 23.0. The number of nitrogens with one attached hydrogen (secondary N) is 1. The molecule has 0 heterocycles. The van der Waals surface area contributed by atoms with Gasteiger partial charge in [-0.2, -0.15) is 5.26 Å². The molecule has 140 valence electrons. The van der Waals surface area contributed by atoms with E-state index in [2.05, 4.69) is 5.32 Å². The van der Waals surface area contributed by atoms with E-state index < -0.39 is 17.7 Å². The van der Waals surface area contributed by atoms with Crippen molar-refractivity contribution in [2.24, 2.45) is 0 Å². The van der Waals surface area contributed by atoms with E-state index in [1.165, 1.54) is 6.08 Å². The first kappa shape index (κ1) is 21.0. The van der Waals surface area contributed by atoms with Gasteiger partial charge in [0.2, 0.25) is 0 Å². The van der Waals surface area contributed by atoms with Crippen LogP contribution in [-0.2, 0) is 14.3 Å². The molecule has 0 saturated carbocycles. The van der Waals surface area contributed by atoms with Crippen LogP contribution in [0.25, 0.3) is 6.08 Å². The molecule has 0 fully saturated rings. The van der Waals surface area contributed by atoms with Crippen molar-refractivity contribution < 1.29 is 23.8 Å². The fourth-order valence-electron chi connectivity index (χ4n) is 1.84. The Bertz CT molecular complexity index is 699. The fraction of sp³-hybridized carbons (Fsp3) is 0.421. The number of carbonyl (C=O) groups is 2. The minimum absolute atomic E-state index is 0.175. The SMILES string of the molecule is CCOC(=O)/C=C/c1ccc(C#N)cc1OCCNC(=O)OC(C)(C)C.